The molecule has 25 heavy (non-hydrogen) atoms. The Balaban J connectivity index is 1.87. The maximum atomic E-state index is 12.6. The van der Waals surface area contributed by atoms with Gasteiger partial charge in [-0.2, -0.15) is 0 Å². The van der Waals surface area contributed by atoms with Gasteiger partial charge in [0.1, 0.15) is 0 Å². The lowest BCUT2D eigenvalue weighted by molar-refractivity contribution is 0.526. The Bertz CT molecular complexity index is 1020. The summed E-state index contributed by atoms with van der Waals surface area (Å²) in [6.45, 7) is 0.228. The zero-order chi connectivity index (χ0) is 18.2. The third kappa shape index (κ3) is 3.32. The molecule has 1 N–H and O–H groups in total. The molecule has 1 aliphatic carbocycles. The van der Waals surface area contributed by atoms with Crippen LogP contribution in [0, 0.1) is 0 Å². The van der Waals surface area contributed by atoms with Gasteiger partial charge in [-0.25, -0.2) is 17.9 Å². The molecule has 3 rings (SSSR count). The summed E-state index contributed by atoms with van der Waals surface area (Å²) in [5.41, 5.74) is 1.02. The molecule has 7 nitrogen and oxygen atoms in total. The number of aromatic nitrogens is 2. The van der Waals surface area contributed by atoms with Crippen molar-refractivity contribution in [3.05, 3.63) is 62.4 Å². The second kappa shape index (κ2) is 6.61. The van der Waals surface area contributed by atoms with Crippen LogP contribution >= 0.6 is 0 Å². The molecule has 8 heteroatoms. The highest BCUT2D eigenvalue weighted by molar-refractivity contribution is 7.89. The lowest BCUT2D eigenvalue weighted by Gasteiger charge is -2.25. The van der Waals surface area contributed by atoms with Crippen LogP contribution in [0.2, 0.25) is 0 Å². The Morgan fingerprint density at radius 2 is 1.92 bits per heavy atom. The molecule has 1 aromatic carbocycles. The predicted molar refractivity (Wildman–Crippen MR) is 94.2 cm³/mol. The number of sulfonamides is 1. The van der Waals surface area contributed by atoms with Gasteiger partial charge in [0.2, 0.25) is 10.0 Å². The molecule has 0 radical (unpaired) electrons. The molecule has 1 aliphatic rings. The van der Waals surface area contributed by atoms with Crippen LogP contribution in [0.3, 0.4) is 0 Å². The van der Waals surface area contributed by atoms with E-state index < -0.39 is 26.2 Å². The lowest BCUT2D eigenvalue weighted by Crippen LogP contribution is -2.42. The predicted octanol–water partition coefficient (Wildman–Crippen LogP) is 0.482. The van der Waals surface area contributed by atoms with Crippen molar-refractivity contribution in [2.75, 3.05) is 6.54 Å². The molecule has 1 heterocycles. The molecule has 0 aliphatic heterocycles. The van der Waals surface area contributed by atoms with Crippen LogP contribution in [0.25, 0.3) is 0 Å². The summed E-state index contributed by atoms with van der Waals surface area (Å²) in [6.07, 6.45) is 3.97. The minimum atomic E-state index is -4.00. The second-order valence-corrected chi connectivity index (χ2v) is 8.13. The van der Waals surface area contributed by atoms with E-state index in [4.69, 9.17) is 0 Å². The van der Waals surface area contributed by atoms with Gasteiger partial charge in [-0.05, 0) is 36.3 Å². The number of fused-ring (bicyclic) bond motifs is 1. The molecular formula is C17H21N3O4S. The first-order valence-corrected chi connectivity index (χ1v) is 9.63. The third-order valence-electron chi connectivity index (χ3n) is 4.72. The maximum absolute atomic E-state index is 12.6. The summed E-state index contributed by atoms with van der Waals surface area (Å²) in [5.74, 6) is 0.0797. The van der Waals surface area contributed by atoms with Crippen LogP contribution in [-0.2, 0) is 30.5 Å². The molecule has 0 fully saturated rings. The zero-order valence-electron chi connectivity index (χ0n) is 14.2. The molecule has 2 aromatic rings. The van der Waals surface area contributed by atoms with Gasteiger partial charge in [-0.3, -0.25) is 9.36 Å². The third-order valence-corrected chi connectivity index (χ3v) is 6.12. The smallest absolute Gasteiger partial charge is 0.302 e. The molecule has 0 bridgehead atoms. The van der Waals surface area contributed by atoms with Gasteiger partial charge in [0.15, 0.2) is 4.90 Å². The molecule has 134 valence electrons. The SMILES string of the molecule is Cn1cc(S(=O)(=O)NCC2CCCc3ccccc32)c(=O)n(C)c1=O. The quantitative estimate of drug-likeness (QED) is 0.856. The van der Waals surface area contributed by atoms with E-state index in [2.05, 4.69) is 10.8 Å². The molecule has 1 atom stereocenters. The Morgan fingerprint density at radius 1 is 1.20 bits per heavy atom. The van der Waals surface area contributed by atoms with Crippen molar-refractivity contribution >= 4 is 10.0 Å². The molecule has 1 unspecified atom stereocenters. The highest BCUT2D eigenvalue weighted by Crippen LogP contribution is 2.31. The number of hydrogen-bond acceptors (Lipinski definition) is 4. The molecular weight excluding hydrogens is 342 g/mol. The lowest BCUT2D eigenvalue weighted by atomic mass is 9.83. The maximum Gasteiger partial charge on any atom is 0.330 e. The van der Waals surface area contributed by atoms with E-state index in [1.165, 1.54) is 19.7 Å². The van der Waals surface area contributed by atoms with Crippen LogP contribution in [0.5, 0.6) is 0 Å². The van der Waals surface area contributed by atoms with E-state index >= 15 is 0 Å². The minimum Gasteiger partial charge on any atom is -0.302 e. The van der Waals surface area contributed by atoms with E-state index in [1.54, 1.807) is 0 Å². The van der Waals surface area contributed by atoms with Gasteiger partial charge in [0.05, 0.1) is 0 Å². The molecule has 1 aromatic heterocycles. The fraction of sp³-hybridized carbons (Fsp3) is 0.412. The number of benzene rings is 1. The minimum absolute atomic E-state index is 0.0797. The monoisotopic (exact) mass is 363 g/mol. The first-order chi connectivity index (χ1) is 11.8. The van der Waals surface area contributed by atoms with Gasteiger partial charge >= 0.3 is 5.69 Å². The largest absolute Gasteiger partial charge is 0.330 e. The Kier molecular flexibility index (Phi) is 4.66. The summed E-state index contributed by atoms with van der Waals surface area (Å²) in [4.78, 5) is 23.5. The number of rotatable bonds is 4. The normalized spacial score (nSPS) is 17.3. The summed E-state index contributed by atoms with van der Waals surface area (Å²) in [5, 5.41) is 0. The highest BCUT2D eigenvalue weighted by Gasteiger charge is 2.25. The molecule has 0 amide bonds. The van der Waals surface area contributed by atoms with Crippen molar-refractivity contribution in [2.24, 2.45) is 14.1 Å². The van der Waals surface area contributed by atoms with Crippen molar-refractivity contribution in [2.45, 2.75) is 30.1 Å². The topological polar surface area (TPSA) is 90.2 Å². The van der Waals surface area contributed by atoms with Crippen LogP contribution in [-0.4, -0.2) is 24.1 Å². The van der Waals surface area contributed by atoms with Crippen molar-refractivity contribution in [3.8, 4) is 0 Å². The first kappa shape index (κ1) is 17.6. The Labute approximate surface area is 146 Å². The first-order valence-electron chi connectivity index (χ1n) is 8.15. The van der Waals surface area contributed by atoms with E-state index in [-0.39, 0.29) is 12.5 Å². The Morgan fingerprint density at radius 3 is 2.68 bits per heavy atom. The number of hydrogen-bond donors (Lipinski definition) is 1. The summed E-state index contributed by atoms with van der Waals surface area (Å²) >= 11 is 0. The van der Waals surface area contributed by atoms with Gasteiger partial charge in [0, 0.05) is 26.8 Å². The van der Waals surface area contributed by atoms with Gasteiger partial charge in [-0.1, -0.05) is 24.3 Å². The van der Waals surface area contributed by atoms with Crippen molar-refractivity contribution in [3.63, 3.8) is 0 Å². The highest BCUT2D eigenvalue weighted by atomic mass is 32.2. The number of nitrogens with zero attached hydrogens (tertiary/aromatic N) is 2. The second-order valence-electron chi connectivity index (χ2n) is 6.39. The fourth-order valence-electron chi connectivity index (χ4n) is 3.31. The van der Waals surface area contributed by atoms with Crippen molar-refractivity contribution < 1.29 is 8.42 Å². The Hall–Kier alpha value is -2.19. The van der Waals surface area contributed by atoms with Crippen LogP contribution in [0.1, 0.15) is 29.9 Å². The zero-order valence-corrected chi connectivity index (χ0v) is 15.0. The van der Waals surface area contributed by atoms with E-state index in [1.807, 2.05) is 18.2 Å². The standard InChI is InChI=1S/C17H21N3O4S/c1-19-11-15(16(21)20(2)17(19)22)25(23,24)18-10-13-8-5-7-12-6-3-4-9-14(12)13/h3-4,6,9,11,13,18H,5,7-8,10H2,1-2H3. The molecule has 0 saturated carbocycles. The van der Waals surface area contributed by atoms with Crippen LogP contribution in [0.15, 0.2) is 44.9 Å². The van der Waals surface area contributed by atoms with E-state index in [0.717, 1.165) is 40.2 Å². The van der Waals surface area contributed by atoms with Crippen molar-refractivity contribution in [1.82, 2.24) is 13.9 Å². The van der Waals surface area contributed by atoms with Crippen LogP contribution in [0.4, 0.5) is 0 Å². The van der Waals surface area contributed by atoms with Gasteiger partial charge in [0.25, 0.3) is 5.56 Å². The number of aryl methyl sites for hydroxylation is 2. The summed E-state index contributed by atoms with van der Waals surface area (Å²) in [7, 11) is -1.32. The van der Waals surface area contributed by atoms with Gasteiger partial charge < -0.3 is 4.57 Å². The van der Waals surface area contributed by atoms with Crippen molar-refractivity contribution in [1.29, 1.82) is 0 Å². The van der Waals surface area contributed by atoms with E-state index in [0.29, 0.717) is 0 Å². The number of nitrogens with one attached hydrogen (secondary N) is 1. The van der Waals surface area contributed by atoms with E-state index in [9.17, 15) is 18.0 Å². The van der Waals surface area contributed by atoms with Gasteiger partial charge in [-0.15, -0.1) is 0 Å². The summed E-state index contributed by atoms with van der Waals surface area (Å²) in [6, 6.07) is 8.03. The molecule has 0 saturated heterocycles. The average molecular weight is 363 g/mol. The average Bonchev–Trinajstić information content (AvgIpc) is 2.61. The fourth-order valence-corrected chi connectivity index (χ4v) is 4.55. The summed E-state index contributed by atoms with van der Waals surface area (Å²) < 4.78 is 29.6. The van der Waals surface area contributed by atoms with Crippen LogP contribution < -0.4 is 16.0 Å². The molecule has 0 spiro atoms.